The second-order valence-corrected chi connectivity index (χ2v) is 6.14. The molecule has 0 aromatic rings. The Morgan fingerprint density at radius 3 is 2.76 bits per heavy atom. The molecule has 2 fully saturated rings. The minimum Gasteiger partial charge on any atom is -0.389 e. The monoisotopic (exact) mass is 240 g/mol. The third-order valence-electron chi connectivity index (χ3n) is 5.33. The van der Waals surface area contributed by atoms with Crippen molar-refractivity contribution in [3.8, 4) is 0 Å². The van der Waals surface area contributed by atoms with Crippen LogP contribution in [0, 0.1) is 11.3 Å². The van der Waals surface area contributed by atoms with E-state index < -0.39 is 5.60 Å². The molecule has 1 saturated carbocycles. The van der Waals surface area contributed by atoms with Crippen LogP contribution in [0.3, 0.4) is 0 Å². The lowest BCUT2D eigenvalue weighted by molar-refractivity contribution is -0.0888. The normalized spacial score (nSPS) is 43.6. The first-order chi connectivity index (χ1) is 8.16. The Morgan fingerprint density at radius 2 is 2.12 bits per heavy atom. The van der Waals surface area contributed by atoms with Crippen LogP contribution in [0.5, 0.6) is 0 Å². The predicted molar refractivity (Wildman–Crippen MR) is 70.8 cm³/mol. The molecule has 1 aliphatic heterocycles. The number of aliphatic hydroxyl groups is 1. The van der Waals surface area contributed by atoms with Crippen LogP contribution in [0.15, 0.2) is 0 Å². The molecule has 1 saturated heterocycles. The predicted octanol–water partition coefficient (Wildman–Crippen LogP) is 1.65. The van der Waals surface area contributed by atoms with E-state index in [0.717, 1.165) is 51.1 Å². The maximum Gasteiger partial charge on any atom is 0.0728 e. The SMILES string of the molecule is CCC1CCC(CN)(C2(O)CCCNCC2)C1. The molecule has 4 N–H and O–H groups in total. The number of hydrogen-bond acceptors (Lipinski definition) is 3. The van der Waals surface area contributed by atoms with Crippen molar-refractivity contribution in [1.82, 2.24) is 5.32 Å². The quantitative estimate of drug-likeness (QED) is 0.703. The van der Waals surface area contributed by atoms with E-state index in [4.69, 9.17) is 5.73 Å². The fourth-order valence-corrected chi connectivity index (χ4v) is 3.96. The van der Waals surface area contributed by atoms with Crippen molar-refractivity contribution in [2.75, 3.05) is 19.6 Å². The minimum atomic E-state index is -0.519. The van der Waals surface area contributed by atoms with Crippen molar-refractivity contribution in [2.24, 2.45) is 17.1 Å². The highest BCUT2D eigenvalue weighted by atomic mass is 16.3. The Balaban J connectivity index is 2.15. The van der Waals surface area contributed by atoms with E-state index in [2.05, 4.69) is 12.2 Å². The van der Waals surface area contributed by atoms with Crippen LogP contribution in [-0.4, -0.2) is 30.3 Å². The number of hydrogen-bond donors (Lipinski definition) is 3. The van der Waals surface area contributed by atoms with Gasteiger partial charge in [0, 0.05) is 12.0 Å². The number of nitrogens with two attached hydrogens (primary N) is 1. The van der Waals surface area contributed by atoms with Gasteiger partial charge in [0.15, 0.2) is 0 Å². The molecule has 0 aromatic heterocycles. The molecule has 0 amide bonds. The Kier molecular flexibility index (Phi) is 4.11. The van der Waals surface area contributed by atoms with Crippen molar-refractivity contribution in [1.29, 1.82) is 0 Å². The lowest BCUT2D eigenvalue weighted by atomic mass is 9.66. The van der Waals surface area contributed by atoms with Crippen LogP contribution in [0.1, 0.15) is 51.9 Å². The average molecular weight is 240 g/mol. The van der Waals surface area contributed by atoms with Gasteiger partial charge in [0.1, 0.15) is 0 Å². The second kappa shape index (κ2) is 5.25. The van der Waals surface area contributed by atoms with Gasteiger partial charge in [0.25, 0.3) is 0 Å². The fraction of sp³-hybridized carbons (Fsp3) is 1.00. The molecular formula is C14H28N2O. The largest absolute Gasteiger partial charge is 0.389 e. The lowest BCUT2D eigenvalue weighted by Gasteiger charge is -2.44. The van der Waals surface area contributed by atoms with Gasteiger partial charge < -0.3 is 16.2 Å². The summed E-state index contributed by atoms with van der Waals surface area (Å²) in [5.74, 6) is 0.777. The molecule has 0 spiro atoms. The zero-order valence-electron chi connectivity index (χ0n) is 11.2. The molecule has 0 aromatic carbocycles. The van der Waals surface area contributed by atoms with E-state index in [0.29, 0.717) is 6.54 Å². The summed E-state index contributed by atoms with van der Waals surface area (Å²) in [5, 5.41) is 14.5. The highest BCUT2D eigenvalue weighted by Gasteiger charge is 2.52. The van der Waals surface area contributed by atoms with Crippen LogP contribution in [0.2, 0.25) is 0 Å². The van der Waals surface area contributed by atoms with Crippen molar-refractivity contribution in [3.63, 3.8) is 0 Å². The number of nitrogens with one attached hydrogen (secondary N) is 1. The summed E-state index contributed by atoms with van der Waals surface area (Å²) in [4.78, 5) is 0. The zero-order chi connectivity index (χ0) is 12.4. The van der Waals surface area contributed by atoms with Crippen LogP contribution < -0.4 is 11.1 Å². The van der Waals surface area contributed by atoms with Gasteiger partial charge in [0.2, 0.25) is 0 Å². The van der Waals surface area contributed by atoms with Crippen LogP contribution in [0.25, 0.3) is 0 Å². The minimum absolute atomic E-state index is 0.000301. The van der Waals surface area contributed by atoms with Crippen LogP contribution in [0.4, 0.5) is 0 Å². The Hall–Kier alpha value is -0.120. The zero-order valence-corrected chi connectivity index (χ0v) is 11.2. The number of rotatable bonds is 3. The van der Waals surface area contributed by atoms with Crippen LogP contribution in [-0.2, 0) is 0 Å². The van der Waals surface area contributed by atoms with E-state index >= 15 is 0 Å². The molecular weight excluding hydrogens is 212 g/mol. The maximum atomic E-state index is 11.1. The first-order valence-electron chi connectivity index (χ1n) is 7.29. The topological polar surface area (TPSA) is 58.3 Å². The lowest BCUT2D eigenvalue weighted by Crippen LogP contribution is -2.51. The molecule has 3 nitrogen and oxygen atoms in total. The van der Waals surface area contributed by atoms with E-state index in [1.165, 1.54) is 12.8 Å². The Morgan fingerprint density at radius 1 is 1.29 bits per heavy atom. The highest BCUT2D eigenvalue weighted by molar-refractivity contribution is 5.04. The first kappa shape index (κ1) is 13.3. The van der Waals surface area contributed by atoms with Gasteiger partial charge in [-0.3, -0.25) is 0 Å². The molecule has 1 heterocycles. The average Bonchev–Trinajstić information content (AvgIpc) is 2.67. The van der Waals surface area contributed by atoms with Crippen molar-refractivity contribution in [2.45, 2.75) is 57.5 Å². The smallest absolute Gasteiger partial charge is 0.0728 e. The molecule has 3 atom stereocenters. The Bertz CT molecular complexity index is 249. The second-order valence-electron chi connectivity index (χ2n) is 6.14. The van der Waals surface area contributed by atoms with Gasteiger partial charge >= 0.3 is 0 Å². The van der Waals surface area contributed by atoms with Gasteiger partial charge in [-0.15, -0.1) is 0 Å². The fourth-order valence-electron chi connectivity index (χ4n) is 3.96. The van der Waals surface area contributed by atoms with Gasteiger partial charge in [-0.05, 0) is 57.5 Å². The molecule has 1 aliphatic carbocycles. The third-order valence-corrected chi connectivity index (χ3v) is 5.33. The van der Waals surface area contributed by atoms with Crippen molar-refractivity contribution >= 4 is 0 Å². The highest BCUT2D eigenvalue weighted by Crippen LogP contribution is 2.52. The van der Waals surface area contributed by atoms with Gasteiger partial charge in [-0.25, -0.2) is 0 Å². The molecule has 2 aliphatic rings. The van der Waals surface area contributed by atoms with Crippen molar-refractivity contribution in [3.05, 3.63) is 0 Å². The Labute approximate surface area is 105 Å². The standard InChI is InChI=1S/C14H28N2O/c1-2-12-4-6-13(10-12,11-15)14(17)5-3-8-16-9-7-14/h12,16-17H,2-11,15H2,1H3. The maximum absolute atomic E-state index is 11.1. The van der Waals surface area contributed by atoms with E-state index in [1.54, 1.807) is 0 Å². The van der Waals surface area contributed by atoms with Gasteiger partial charge in [-0.1, -0.05) is 13.3 Å². The molecule has 3 unspecified atom stereocenters. The summed E-state index contributed by atoms with van der Waals surface area (Å²) in [6.07, 6.45) is 7.62. The van der Waals surface area contributed by atoms with E-state index in [9.17, 15) is 5.11 Å². The first-order valence-corrected chi connectivity index (χ1v) is 7.29. The van der Waals surface area contributed by atoms with Crippen LogP contribution >= 0.6 is 0 Å². The molecule has 2 rings (SSSR count). The summed E-state index contributed by atoms with van der Waals surface area (Å²) in [7, 11) is 0. The molecule has 0 bridgehead atoms. The molecule has 0 radical (unpaired) electrons. The molecule has 100 valence electrons. The summed E-state index contributed by atoms with van der Waals surface area (Å²) in [5.41, 5.74) is 5.55. The molecule has 17 heavy (non-hydrogen) atoms. The third kappa shape index (κ3) is 2.38. The summed E-state index contributed by atoms with van der Waals surface area (Å²) in [6.45, 7) is 4.89. The summed E-state index contributed by atoms with van der Waals surface area (Å²) in [6, 6.07) is 0. The van der Waals surface area contributed by atoms with Crippen molar-refractivity contribution < 1.29 is 5.11 Å². The van der Waals surface area contributed by atoms with Gasteiger partial charge in [-0.2, -0.15) is 0 Å². The summed E-state index contributed by atoms with van der Waals surface area (Å²) < 4.78 is 0. The van der Waals surface area contributed by atoms with Gasteiger partial charge in [0.05, 0.1) is 5.60 Å². The summed E-state index contributed by atoms with van der Waals surface area (Å²) >= 11 is 0. The van der Waals surface area contributed by atoms with E-state index in [-0.39, 0.29) is 5.41 Å². The van der Waals surface area contributed by atoms with E-state index in [1.807, 2.05) is 0 Å². The molecule has 3 heteroatoms.